The lowest BCUT2D eigenvalue weighted by Gasteiger charge is -2.27. The van der Waals surface area contributed by atoms with Crippen LogP contribution >= 0.6 is 11.8 Å². The van der Waals surface area contributed by atoms with Crippen LogP contribution in [-0.4, -0.2) is 22.1 Å². The van der Waals surface area contributed by atoms with E-state index in [2.05, 4.69) is 0 Å². The van der Waals surface area contributed by atoms with Gasteiger partial charge in [0.05, 0.1) is 5.03 Å². The van der Waals surface area contributed by atoms with Crippen molar-refractivity contribution in [2.45, 2.75) is 24.0 Å². The minimum atomic E-state index is -4.65. The number of rotatable bonds is 0. The molecule has 0 aromatic rings. The zero-order chi connectivity index (χ0) is 9.57. The van der Waals surface area contributed by atoms with Gasteiger partial charge in [-0.25, -0.2) is 0 Å². The van der Waals surface area contributed by atoms with E-state index in [0.29, 0.717) is 6.08 Å². The summed E-state index contributed by atoms with van der Waals surface area (Å²) in [5.74, 6) is 0. The number of thioether (sulfide) groups is 1. The van der Waals surface area contributed by atoms with Crippen LogP contribution in [0, 0.1) is 0 Å². The fraction of sp³-hybridized carbons (Fsp3) is 0.667. The Morgan fingerprint density at radius 2 is 2.17 bits per heavy atom. The second-order valence-electron chi connectivity index (χ2n) is 2.63. The van der Waals surface area contributed by atoms with Crippen LogP contribution < -0.4 is 5.73 Å². The van der Waals surface area contributed by atoms with Gasteiger partial charge in [-0.05, 0) is 13.0 Å². The van der Waals surface area contributed by atoms with Crippen molar-refractivity contribution in [2.75, 3.05) is 0 Å². The maximum Gasteiger partial charge on any atom is 0.422 e. The summed E-state index contributed by atoms with van der Waals surface area (Å²) in [6.07, 6.45) is -4.00. The van der Waals surface area contributed by atoms with Crippen LogP contribution in [0.25, 0.3) is 0 Å². The molecule has 0 aromatic heterocycles. The third-order valence-electron chi connectivity index (χ3n) is 1.75. The van der Waals surface area contributed by atoms with Gasteiger partial charge in [-0.15, -0.1) is 11.8 Å². The molecule has 70 valence electrons. The Kier molecular flexibility index (Phi) is 2.08. The average Bonchev–Trinajstić information content (AvgIpc) is 2.06. The number of hydrogen-bond acceptors (Lipinski definition) is 3. The van der Waals surface area contributed by atoms with Crippen LogP contribution in [0.5, 0.6) is 0 Å². The molecular weight excluding hydrogens is 191 g/mol. The number of nitrogens with two attached hydrogens (primary N) is 1. The molecule has 0 bridgehead atoms. The quantitative estimate of drug-likeness (QED) is 0.616. The molecule has 2 atom stereocenters. The van der Waals surface area contributed by atoms with Crippen LogP contribution in [0.15, 0.2) is 11.1 Å². The van der Waals surface area contributed by atoms with Gasteiger partial charge in [0.15, 0.2) is 5.60 Å². The Morgan fingerprint density at radius 3 is 2.33 bits per heavy atom. The summed E-state index contributed by atoms with van der Waals surface area (Å²) in [6.45, 7) is 1.29. The molecule has 0 radical (unpaired) electrons. The van der Waals surface area contributed by atoms with Crippen LogP contribution in [0.2, 0.25) is 0 Å². The highest BCUT2D eigenvalue weighted by Gasteiger charge is 2.58. The van der Waals surface area contributed by atoms with E-state index < -0.39 is 17.0 Å². The van der Waals surface area contributed by atoms with Crippen molar-refractivity contribution in [1.29, 1.82) is 0 Å². The number of alkyl halides is 3. The predicted molar refractivity (Wildman–Crippen MR) is 40.3 cm³/mol. The molecule has 1 rings (SSSR count). The summed E-state index contributed by atoms with van der Waals surface area (Å²) < 4.78 is 36.6. The fourth-order valence-corrected chi connectivity index (χ4v) is 2.01. The highest BCUT2D eigenvalue weighted by atomic mass is 32.2. The van der Waals surface area contributed by atoms with Crippen molar-refractivity contribution in [3.8, 4) is 0 Å². The van der Waals surface area contributed by atoms with E-state index in [-0.39, 0.29) is 5.03 Å². The second kappa shape index (κ2) is 2.56. The number of hydrogen-bond donors (Lipinski definition) is 2. The third kappa shape index (κ3) is 1.29. The minimum absolute atomic E-state index is 0.0160. The SMILES string of the molecule is CC1SC(N)=CC1(O)C(F)(F)F. The molecular formula is C6H8F3NOS. The zero-order valence-corrected chi connectivity index (χ0v) is 7.04. The maximum absolute atomic E-state index is 12.2. The molecule has 0 fully saturated rings. The highest BCUT2D eigenvalue weighted by molar-refractivity contribution is 8.03. The predicted octanol–water partition coefficient (Wildman–Crippen LogP) is 1.22. The molecule has 0 saturated heterocycles. The van der Waals surface area contributed by atoms with E-state index >= 15 is 0 Å². The van der Waals surface area contributed by atoms with E-state index in [0.717, 1.165) is 11.8 Å². The van der Waals surface area contributed by atoms with Gasteiger partial charge in [-0.1, -0.05) is 0 Å². The first-order valence-electron chi connectivity index (χ1n) is 3.21. The molecule has 1 aliphatic heterocycles. The van der Waals surface area contributed by atoms with E-state index in [4.69, 9.17) is 10.8 Å². The summed E-state index contributed by atoms with van der Waals surface area (Å²) >= 11 is 0.823. The standard InChI is InChI=1S/C6H8F3NOS/c1-3-5(11,6(7,8)9)2-4(10)12-3/h2-3,11H,10H2,1H3. The van der Waals surface area contributed by atoms with E-state index in [1.807, 2.05) is 0 Å². The lowest BCUT2D eigenvalue weighted by Crippen LogP contribution is -2.48. The van der Waals surface area contributed by atoms with Gasteiger partial charge in [-0.3, -0.25) is 0 Å². The van der Waals surface area contributed by atoms with Crippen molar-refractivity contribution in [3.63, 3.8) is 0 Å². The lowest BCUT2D eigenvalue weighted by atomic mass is 10.0. The topological polar surface area (TPSA) is 46.2 Å². The Bertz CT molecular complexity index is 227. The average molecular weight is 199 g/mol. The van der Waals surface area contributed by atoms with E-state index in [1.165, 1.54) is 6.92 Å². The molecule has 0 spiro atoms. The smallest absolute Gasteiger partial charge is 0.394 e. The Hall–Kier alpha value is -0.360. The van der Waals surface area contributed by atoms with Crippen LogP contribution in [-0.2, 0) is 0 Å². The molecule has 2 nitrogen and oxygen atoms in total. The van der Waals surface area contributed by atoms with Gasteiger partial charge in [0.2, 0.25) is 0 Å². The second-order valence-corrected chi connectivity index (χ2v) is 4.04. The first-order chi connectivity index (χ1) is 5.27. The maximum atomic E-state index is 12.2. The monoisotopic (exact) mass is 199 g/mol. The fourth-order valence-electron chi connectivity index (χ4n) is 0.975. The normalized spacial score (nSPS) is 36.8. The van der Waals surface area contributed by atoms with Gasteiger partial charge in [-0.2, -0.15) is 13.2 Å². The molecule has 0 amide bonds. The summed E-state index contributed by atoms with van der Waals surface area (Å²) in [7, 11) is 0. The molecule has 12 heavy (non-hydrogen) atoms. The summed E-state index contributed by atoms with van der Waals surface area (Å²) in [5.41, 5.74) is 2.40. The van der Waals surface area contributed by atoms with Crippen molar-refractivity contribution < 1.29 is 18.3 Å². The molecule has 6 heteroatoms. The summed E-state index contributed by atoms with van der Waals surface area (Å²) in [6, 6.07) is 0. The Labute approximate surface area is 71.6 Å². The van der Waals surface area contributed by atoms with Gasteiger partial charge in [0.1, 0.15) is 0 Å². The third-order valence-corrected chi connectivity index (χ3v) is 2.85. The van der Waals surface area contributed by atoms with Crippen LogP contribution in [0.4, 0.5) is 13.2 Å². The first-order valence-corrected chi connectivity index (χ1v) is 4.09. The number of halogens is 3. The lowest BCUT2D eigenvalue weighted by molar-refractivity contribution is -0.237. The van der Waals surface area contributed by atoms with E-state index in [1.54, 1.807) is 0 Å². The molecule has 1 heterocycles. The van der Waals surface area contributed by atoms with E-state index in [9.17, 15) is 13.2 Å². The number of aliphatic hydroxyl groups is 1. The Morgan fingerprint density at radius 1 is 1.67 bits per heavy atom. The minimum Gasteiger partial charge on any atom is -0.394 e. The first kappa shape index (κ1) is 9.73. The molecule has 0 aromatic carbocycles. The van der Waals surface area contributed by atoms with Gasteiger partial charge >= 0.3 is 6.18 Å². The van der Waals surface area contributed by atoms with Gasteiger partial charge in [0.25, 0.3) is 0 Å². The summed E-state index contributed by atoms with van der Waals surface area (Å²) in [5, 5.41) is 8.21. The van der Waals surface area contributed by atoms with Gasteiger partial charge in [0, 0.05) is 5.25 Å². The largest absolute Gasteiger partial charge is 0.422 e. The molecule has 1 aliphatic rings. The highest BCUT2D eigenvalue weighted by Crippen LogP contribution is 2.45. The van der Waals surface area contributed by atoms with Crippen LogP contribution in [0.1, 0.15) is 6.92 Å². The molecule has 0 saturated carbocycles. The van der Waals surface area contributed by atoms with Crippen molar-refractivity contribution >= 4 is 11.8 Å². The van der Waals surface area contributed by atoms with Crippen molar-refractivity contribution in [3.05, 3.63) is 11.1 Å². The molecule has 2 unspecified atom stereocenters. The zero-order valence-electron chi connectivity index (χ0n) is 6.22. The van der Waals surface area contributed by atoms with Crippen molar-refractivity contribution in [2.24, 2.45) is 5.73 Å². The van der Waals surface area contributed by atoms with Gasteiger partial charge < -0.3 is 10.8 Å². The molecule has 0 aliphatic carbocycles. The summed E-state index contributed by atoms with van der Waals surface area (Å²) in [4.78, 5) is 0. The molecule has 3 N–H and O–H groups in total. The van der Waals surface area contributed by atoms with Crippen molar-refractivity contribution in [1.82, 2.24) is 0 Å². The Balaban J connectivity index is 2.99. The van der Waals surface area contributed by atoms with Crippen LogP contribution in [0.3, 0.4) is 0 Å².